The zero-order valence-corrected chi connectivity index (χ0v) is 7.88. The van der Waals surface area contributed by atoms with Gasteiger partial charge < -0.3 is 14.9 Å². The maximum atomic E-state index is 11.7. The van der Waals surface area contributed by atoms with Crippen molar-refractivity contribution in [3.63, 3.8) is 0 Å². The third-order valence-corrected chi connectivity index (χ3v) is 1.53. The maximum absolute atomic E-state index is 11.7. The van der Waals surface area contributed by atoms with Crippen LogP contribution in [0.2, 0.25) is 0 Å². The lowest BCUT2D eigenvalue weighted by molar-refractivity contribution is -0.173. The lowest BCUT2D eigenvalue weighted by Gasteiger charge is -2.05. The summed E-state index contributed by atoms with van der Waals surface area (Å²) >= 11 is 0. The highest BCUT2D eigenvalue weighted by Gasteiger charge is 2.27. The van der Waals surface area contributed by atoms with Crippen molar-refractivity contribution in [2.45, 2.75) is 19.1 Å². The summed E-state index contributed by atoms with van der Waals surface area (Å²) in [4.78, 5) is 3.79. The molecule has 0 radical (unpaired) electrons. The molecule has 4 nitrogen and oxygen atoms in total. The summed E-state index contributed by atoms with van der Waals surface area (Å²) in [5, 5.41) is 0. The number of halogens is 3. The van der Waals surface area contributed by atoms with Gasteiger partial charge in [0.05, 0.1) is 19.3 Å². The SMILES string of the molecule is NCc1ncc(CCOCC(F)(F)F)o1. The van der Waals surface area contributed by atoms with E-state index in [1.807, 2.05) is 0 Å². The van der Waals surface area contributed by atoms with Gasteiger partial charge in [-0.05, 0) is 0 Å². The third kappa shape index (κ3) is 4.80. The van der Waals surface area contributed by atoms with Gasteiger partial charge in [-0.3, -0.25) is 0 Å². The highest BCUT2D eigenvalue weighted by Crippen LogP contribution is 2.14. The smallest absolute Gasteiger partial charge is 0.411 e. The van der Waals surface area contributed by atoms with E-state index in [2.05, 4.69) is 9.72 Å². The summed E-state index contributed by atoms with van der Waals surface area (Å²) in [7, 11) is 0. The second kappa shape index (κ2) is 5.13. The van der Waals surface area contributed by atoms with Crippen LogP contribution in [0, 0.1) is 0 Å². The van der Waals surface area contributed by atoms with Crippen LogP contribution in [0.5, 0.6) is 0 Å². The van der Waals surface area contributed by atoms with Gasteiger partial charge in [0.2, 0.25) is 5.89 Å². The lowest BCUT2D eigenvalue weighted by atomic mass is 10.4. The number of hydrogen-bond acceptors (Lipinski definition) is 4. The van der Waals surface area contributed by atoms with Gasteiger partial charge in [-0.25, -0.2) is 4.98 Å². The van der Waals surface area contributed by atoms with Gasteiger partial charge in [0, 0.05) is 6.42 Å². The molecular weight excluding hydrogens is 213 g/mol. The first kappa shape index (κ1) is 12.0. The number of rotatable bonds is 5. The Labute approximate surface area is 84.2 Å². The molecule has 0 spiro atoms. The zero-order chi connectivity index (χ0) is 11.3. The minimum absolute atomic E-state index is 0.0568. The molecule has 0 aromatic carbocycles. The molecule has 0 atom stereocenters. The van der Waals surface area contributed by atoms with Crippen LogP contribution in [-0.4, -0.2) is 24.4 Å². The summed E-state index contributed by atoms with van der Waals surface area (Å²) in [5.41, 5.74) is 5.24. The molecule has 86 valence electrons. The first-order valence-electron chi connectivity index (χ1n) is 4.29. The van der Waals surface area contributed by atoms with E-state index in [1.165, 1.54) is 6.20 Å². The second-order valence-electron chi connectivity index (χ2n) is 2.84. The van der Waals surface area contributed by atoms with Gasteiger partial charge in [0.15, 0.2) is 0 Å². The molecule has 0 aliphatic rings. The predicted octanol–water partition coefficient (Wildman–Crippen LogP) is 1.25. The standard InChI is InChI=1S/C8H11F3N2O2/c9-8(10,11)5-14-2-1-6-4-13-7(3-12)15-6/h4H,1-3,5,12H2. The number of oxazole rings is 1. The Bertz CT molecular complexity index is 298. The number of hydrogen-bond donors (Lipinski definition) is 1. The lowest BCUT2D eigenvalue weighted by Crippen LogP contribution is -2.17. The minimum Gasteiger partial charge on any atom is -0.444 e. The van der Waals surface area contributed by atoms with Crippen LogP contribution in [0.1, 0.15) is 11.7 Å². The van der Waals surface area contributed by atoms with Crippen molar-refractivity contribution in [1.29, 1.82) is 0 Å². The van der Waals surface area contributed by atoms with Gasteiger partial charge in [-0.2, -0.15) is 13.2 Å². The average Bonchev–Trinajstić information content (AvgIpc) is 2.59. The topological polar surface area (TPSA) is 61.3 Å². The summed E-state index contributed by atoms with van der Waals surface area (Å²) in [6, 6.07) is 0. The summed E-state index contributed by atoms with van der Waals surface area (Å²) in [6.07, 6.45) is -2.61. The number of alkyl halides is 3. The van der Waals surface area contributed by atoms with Crippen LogP contribution in [0.25, 0.3) is 0 Å². The summed E-state index contributed by atoms with van der Waals surface area (Å²) < 4.78 is 44.5. The van der Waals surface area contributed by atoms with Crippen LogP contribution < -0.4 is 5.73 Å². The van der Waals surface area contributed by atoms with Crippen LogP contribution in [0.15, 0.2) is 10.6 Å². The Kier molecular flexibility index (Phi) is 4.10. The van der Waals surface area contributed by atoms with Crippen LogP contribution >= 0.6 is 0 Å². The van der Waals surface area contributed by atoms with Crippen LogP contribution in [-0.2, 0) is 17.7 Å². The van der Waals surface area contributed by atoms with E-state index in [9.17, 15) is 13.2 Å². The minimum atomic E-state index is -4.29. The van der Waals surface area contributed by atoms with Crippen LogP contribution in [0.4, 0.5) is 13.2 Å². The van der Waals surface area contributed by atoms with Gasteiger partial charge in [-0.15, -0.1) is 0 Å². The van der Waals surface area contributed by atoms with Gasteiger partial charge in [0.25, 0.3) is 0 Å². The molecule has 1 heterocycles. The van der Waals surface area contributed by atoms with Gasteiger partial charge in [0.1, 0.15) is 12.4 Å². The Hall–Kier alpha value is -1.08. The molecule has 0 amide bonds. The molecule has 0 unspecified atom stereocenters. The molecule has 0 bridgehead atoms. The van der Waals surface area contributed by atoms with E-state index in [0.29, 0.717) is 11.7 Å². The number of nitrogens with two attached hydrogens (primary N) is 1. The molecule has 0 saturated carbocycles. The van der Waals surface area contributed by atoms with Gasteiger partial charge in [-0.1, -0.05) is 0 Å². The van der Waals surface area contributed by atoms with E-state index in [-0.39, 0.29) is 19.6 Å². The Morgan fingerprint density at radius 1 is 1.47 bits per heavy atom. The van der Waals surface area contributed by atoms with Gasteiger partial charge >= 0.3 is 6.18 Å². The molecule has 0 fully saturated rings. The Balaban J connectivity index is 2.20. The summed E-state index contributed by atoms with van der Waals surface area (Å²) in [6.45, 7) is -1.13. The molecule has 1 aromatic heterocycles. The average molecular weight is 224 g/mol. The molecule has 1 aromatic rings. The first-order valence-corrected chi connectivity index (χ1v) is 4.29. The molecule has 2 N–H and O–H groups in total. The van der Waals surface area contributed by atoms with Crippen molar-refractivity contribution in [3.05, 3.63) is 17.8 Å². The maximum Gasteiger partial charge on any atom is 0.411 e. The van der Waals surface area contributed by atoms with Crippen molar-refractivity contribution >= 4 is 0 Å². The van der Waals surface area contributed by atoms with E-state index in [1.54, 1.807) is 0 Å². The van der Waals surface area contributed by atoms with Crippen molar-refractivity contribution in [2.75, 3.05) is 13.2 Å². The molecule has 1 rings (SSSR count). The first-order chi connectivity index (χ1) is 7.01. The second-order valence-corrected chi connectivity index (χ2v) is 2.84. The normalized spacial score (nSPS) is 12.0. The number of nitrogens with zero attached hydrogens (tertiary/aromatic N) is 1. The fourth-order valence-corrected chi connectivity index (χ4v) is 0.919. The molecule has 0 aliphatic heterocycles. The fourth-order valence-electron chi connectivity index (χ4n) is 0.919. The highest BCUT2D eigenvalue weighted by atomic mass is 19.4. The Morgan fingerprint density at radius 3 is 2.73 bits per heavy atom. The zero-order valence-electron chi connectivity index (χ0n) is 7.88. The molecule has 0 saturated heterocycles. The Morgan fingerprint density at radius 2 is 2.20 bits per heavy atom. The van der Waals surface area contributed by atoms with Crippen molar-refractivity contribution in [3.8, 4) is 0 Å². The number of aromatic nitrogens is 1. The molecule has 7 heteroatoms. The van der Waals surface area contributed by atoms with E-state index in [4.69, 9.17) is 10.2 Å². The number of ether oxygens (including phenoxy) is 1. The van der Waals surface area contributed by atoms with E-state index in [0.717, 1.165) is 0 Å². The van der Waals surface area contributed by atoms with E-state index < -0.39 is 12.8 Å². The monoisotopic (exact) mass is 224 g/mol. The quantitative estimate of drug-likeness (QED) is 0.765. The fraction of sp³-hybridized carbons (Fsp3) is 0.625. The van der Waals surface area contributed by atoms with Crippen LogP contribution in [0.3, 0.4) is 0 Å². The molecule has 0 aliphatic carbocycles. The highest BCUT2D eigenvalue weighted by molar-refractivity contribution is 4.93. The van der Waals surface area contributed by atoms with Crippen molar-refractivity contribution in [1.82, 2.24) is 4.98 Å². The molecular formula is C8H11F3N2O2. The summed E-state index contributed by atoms with van der Waals surface area (Å²) in [5.74, 6) is 0.832. The van der Waals surface area contributed by atoms with Crippen molar-refractivity contribution in [2.24, 2.45) is 5.73 Å². The molecule has 15 heavy (non-hydrogen) atoms. The van der Waals surface area contributed by atoms with Crippen molar-refractivity contribution < 1.29 is 22.3 Å². The third-order valence-electron chi connectivity index (χ3n) is 1.53. The van der Waals surface area contributed by atoms with E-state index >= 15 is 0 Å². The predicted molar refractivity (Wildman–Crippen MR) is 45.0 cm³/mol. The largest absolute Gasteiger partial charge is 0.444 e.